The normalized spacial score (nSPS) is 11.2. The molecule has 0 unspecified atom stereocenters. The van der Waals surface area contributed by atoms with Crippen LogP contribution in [0.4, 0.5) is 4.39 Å². The maximum atomic E-state index is 13.3. The second-order valence-electron chi connectivity index (χ2n) is 4.41. The topological polar surface area (TPSA) is 17.8 Å². The minimum Gasteiger partial charge on any atom is -0.296 e. The molecule has 3 rings (SSSR count). The van der Waals surface area contributed by atoms with Crippen LogP contribution in [0.15, 0.2) is 46.9 Å². The van der Waals surface area contributed by atoms with Gasteiger partial charge in [0.25, 0.3) is 0 Å². The van der Waals surface area contributed by atoms with Crippen LogP contribution in [0.1, 0.15) is 5.82 Å². The lowest BCUT2D eigenvalue weighted by Gasteiger charge is -2.08. The molecule has 2 nitrogen and oxygen atoms in total. The van der Waals surface area contributed by atoms with Crippen LogP contribution in [0.2, 0.25) is 0 Å². The lowest BCUT2D eigenvalue weighted by molar-refractivity contribution is 0.629. The van der Waals surface area contributed by atoms with Gasteiger partial charge in [-0.25, -0.2) is 9.37 Å². The molecule has 0 spiro atoms. The number of nitrogens with zero attached hydrogens (tertiary/aromatic N) is 2. The molecule has 20 heavy (non-hydrogen) atoms. The summed E-state index contributed by atoms with van der Waals surface area (Å²) < 4.78 is 16.4. The first kappa shape index (κ1) is 13.6. The predicted octanol–water partition coefficient (Wildman–Crippen LogP) is 4.71. The van der Waals surface area contributed by atoms with E-state index in [1.165, 1.54) is 12.1 Å². The number of rotatable bonds is 3. The van der Waals surface area contributed by atoms with E-state index in [-0.39, 0.29) is 5.82 Å². The Balaban J connectivity index is 2.25. The van der Waals surface area contributed by atoms with E-state index in [1.807, 2.05) is 28.8 Å². The van der Waals surface area contributed by atoms with E-state index in [9.17, 15) is 4.39 Å². The molecule has 0 amide bonds. The number of aryl methyl sites for hydroxylation is 1. The Morgan fingerprint density at radius 3 is 2.60 bits per heavy atom. The Morgan fingerprint density at radius 2 is 1.90 bits per heavy atom. The highest BCUT2D eigenvalue weighted by Gasteiger charge is 2.12. The molecule has 0 saturated heterocycles. The summed E-state index contributed by atoms with van der Waals surface area (Å²) in [5.74, 6) is 1.03. The molecule has 0 bridgehead atoms. The molecule has 0 aliphatic carbocycles. The zero-order valence-corrected chi connectivity index (χ0v) is 12.8. The fourth-order valence-corrected chi connectivity index (χ4v) is 2.67. The maximum absolute atomic E-state index is 13.3. The van der Waals surface area contributed by atoms with Crippen LogP contribution >= 0.6 is 27.5 Å². The quantitative estimate of drug-likeness (QED) is 0.624. The van der Waals surface area contributed by atoms with Crippen molar-refractivity contribution in [1.82, 2.24) is 9.55 Å². The number of hydrogen-bond donors (Lipinski definition) is 0. The summed E-state index contributed by atoms with van der Waals surface area (Å²) in [5.41, 5.74) is 2.52. The van der Waals surface area contributed by atoms with Crippen LogP contribution in [0.3, 0.4) is 0 Å². The molecule has 3 aromatic rings. The fourth-order valence-electron chi connectivity index (χ4n) is 2.23. The van der Waals surface area contributed by atoms with Crippen molar-refractivity contribution >= 4 is 38.6 Å². The first-order valence-corrected chi connectivity index (χ1v) is 7.50. The van der Waals surface area contributed by atoms with Crippen LogP contribution < -0.4 is 0 Å². The van der Waals surface area contributed by atoms with Gasteiger partial charge in [0.15, 0.2) is 0 Å². The number of halogens is 3. The molecular weight excluding hydrogens is 343 g/mol. The average Bonchev–Trinajstić information content (AvgIpc) is 2.77. The van der Waals surface area contributed by atoms with Gasteiger partial charge in [-0.05, 0) is 36.4 Å². The molecule has 102 valence electrons. The highest BCUT2D eigenvalue weighted by Crippen LogP contribution is 2.24. The molecule has 0 aliphatic rings. The summed E-state index contributed by atoms with van der Waals surface area (Å²) in [6, 6.07) is 12.6. The van der Waals surface area contributed by atoms with Gasteiger partial charge in [-0.3, -0.25) is 4.57 Å². The number of benzene rings is 2. The van der Waals surface area contributed by atoms with Gasteiger partial charge in [0, 0.05) is 28.5 Å². The Bertz CT molecular complexity index is 752. The molecule has 0 atom stereocenters. The van der Waals surface area contributed by atoms with E-state index in [2.05, 4.69) is 20.9 Å². The summed E-state index contributed by atoms with van der Waals surface area (Å²) in [7, 11) is 0. The largest absolute Gasteiger partial charge is 0.296 e. The summed E-state index contributed by atoms with van der Waals surface area (Å²) in [6.07, 6.45) is 0.633. The van der Waals surface area contributed by atoms with Crippen LogP contribution in [-0.4, -0.2) is 15.4 Å². The van der Waals surface area contributed by atoms with Crippen LogP contribution in [0.5, 0.6) is 0 Å². The number of fused-ring (bicyclic) bond motifs is 1. The van der Waals surface area contributed by atoms with Crippen molar-refractivity contribution in [3.05, 3.63) is 58.6 Å². The van der Waals surface area contributed by atoms with Crippen molar-refractivity contribution in [3.8, 4) is 5.69 Å². The van der Waals surface area contributed by atoms with Crippen molar-refractivity contribution in [2.24, 2.45) is 0 Å². The van der Waals surface area contributed by atoms with Crippen LogP contribution in [0.25, 0.3) is 16.7 Å². The lowest BCUT2D eigenvalue weighted by atomic mass is 10.2. The van der Waals surface area contributed by atoms with Crippen LogP contribution in [0, 0.1) is 5.82 Å². The zero-order valence-electron chi connectivity index (χ0n) is 10.5. The minimum absolute atomic E-state index is 0.282. The SMILES string of the molecule is Fc1ccc2c(c1)nc(CCCl)n2-c1ccc(Br)cc1. The summed E-state index contributed by atoms with van der Waals surface area (Å²) >= 11 is 9.27. The Kier molecular flexibility index (Phi) is 3.76. The third-order valence-corrected chi connectivity index (χ3v) is 3.81. The van der Waals surface area contributed by atoms with E-state index >= 15 is 0 Å². The molecular formula is C15H11BrClFN2. The second kappa shape index (κ2) is 5.54. The molecule has 0 radical (unpaired) electrons. The summed E-state index contributed by atoms with van der Waals surface area (Å²) in [5, 5.41) is 0. The van der Waals surface area contributed by atoms with E-state index in [1.54, 1.807) is 6.07 Å². The molecule has 1 aromatic heterocycles. The molecule has 1 heterocycles. The smallest absolute Gasteiger partial charge is 0.125 e. The van der Waals surface area contributed by atoms with Gasteiger partial charge >= 0.3 is 0 Å². The van der Waals surface area contributed by atoms with Gasteiger partial charge in [0.05, 0.1) is 11.0 Å². The molecule has 0 saturated carbocycles. The Morgan fingerprint density at radius 1 is 1.15 bits per heavy atom. The van der Waals surface area contributed by atoms with E-state index in [0.29, 0.717) is 17.8 Å². The predicted molar refractivity (Wildman–Crippen MR) is 83.2 cm³/mol. The monoisotopic (exact) mass is 352 g/mol. The van der Waals surface area contributed by atoms with Crippen molar-refractivity contribution in [3.63, 3.8) is 0 Å². The number of aromatic nitrogens is 2. The second-order valence-corrected chi connectivity index (χ2v) is 5.71. The highest BCUT2D eigenvalue weighted by atomic mass is 79.9. The number of imidazole rings is 1. The van der Waals surface area contributed by atoms with E-state index in [0.717, 1.165) is 21.5 Å². The van der Waals surface area contributed by atoms with E-state index < -0.39 is 0 Å². The number of alkyl halides is 1. The number of hydrogen-bond acceptors (Lipinski definition) is 1. The van der Waals surface area contributed by atoms with Gasteiger partial charge in [-0.2, -0.15) is 0 Å². The minimum atomic E-state index is -0.282. The third kappa shape index (κ3) is 2.45. The van der Waals surface area contributed by atoms with Crippen molar-refractivity contribution in [2.75, 3.05) is 5.88 Å². The van der Waals surface area contributed by atoms with Crippen LogP contribution in [-0.2, 0) is 6.42 Å². The first-order valence-electron chi connectivity index (χ1n) is 6.18. The molecule has 2 aromatic carbocycles. The Hall–Kier alpha value is -1.39. The van der Waals surface area contributed by atoms with Gasteiger partial charge in [0.1, 0.15) is 11.6 Å². The highest BCUT2D eigenvalue weighted by molar-refractivity contribution is 9.10. The third-order valence-electron chi connectivity index (χ3n) is 3.09. The van der Waals surface area contributed by atoms with Gasteiger partial charge in [0.2, 0.25) is 0 Å². The lowest BCUT2D eigenvalue weighted by Crippen LogP contribution is -2.02. The maximum Gasteiger partial charge on any atom is 0.125 e. The van der Waals surface area contributed by atoms with Gasteiger partial charge < -0.3 is 0 Å². The zero-order chi connectivity index (χ0) is 14.1. The van der Waals surface area contributed by atoms with E-state index in [4.69, 9.17) is 11.6 Å². The molecule has 0 N–H and O–H groups in total. The molecule has 5 heteroatoms. The average molecular weight is 354 g/mol. The van der Waals surface area contributed by atoms with Gasteiger partial charge in [-0.1, -0.05) is 15.9 Å². The molecule has 0 fully saturated rings. The molecule has 0 aliphatic heterocycles. The summed E-state index contributed by atoms with van der Waals surface area (Å²) in [4.78, 5) is 4.49. The van der Waals surface area contributed by atoms with Gasteiger partial charge in [-0.15, -0.1) is 11.6 Å². The van der Waals surface area contributed by atoms with Crippen molar-refractivity contribution < 1.29 is 4.39 Å². The summed E-state index contributed by atoms with van der Waals surface area (Å²) in [6.45, 7) is 0. The fraction of sp³-hybridized carbons (Fsp3) is 0.133. The van der Waals surface area contributed by atoms with Crippen molar-refractivity contribution in [2.45, 2.75) is 6.42 Å². The van der Waals surface area contributed by atoms with Crippen molar-refractivity contribution in [1.29, 1.82) is 0 Å². The first-order chi connectivity index (χ1) is 9.69. The Labute approximate surface area is 129 Å². The standard InChI is InChI=1S/C15H11BrClFN2/c16-10-1-4-12(5-2-10)20-14-6-3-11(18)9-13(14)19-15(20)7-8-17/h1-6,9H,7-8H2.